The molecule has 0 aliphatic rings. The number of rotatable bonds is 7. The molecule has 8 heteroatoms. The van der Waals surface area contributed by atoms with Gasteiger partial charge in [-0.1, -0.05) is 18.2 Å². The zero-order valence-electron chi connectivity index (χ0n) is 11.2. The molecule has 0 saturated heterocycles. The van der Waals surface area contributed by atoms with E-state index in [-0.39, 0.29) is 12.2 Å². The van der Waals surface area contributed by atoms with Crippen molar-refractivity contribution in [3.05, 3.63) is 30.3 Å². The number of carbonyl (C=O) groups excluding carboxylic acids is 1. The maximum absolute atomic E-state index is 12.5. The first-order chi connectivity index (χ1) is 9.95. The van der Waals surface area contributed by atoms with Crippen LogP contribution >= 0.6 is 0 Å². The highest BCUT2D eigenvalue weighted by Gasteiger charge is 2.26. The van der Waals surface area contributed by atoms with Crippen LogP contribution in [0.3, 0.4) is 0 Å². The van der Waals surface area contributed by atoms with E-state index in [9.17, 15) is 18.4 Å². The van der Waals surface area contributed by atoms with E-state index in [2.05, 4.69) is 0 Å². The number of urea groups is 1. The van der Waals surface area contributed by atoms with E-state index in [4.69, 9.17) is 10.2 Å². The molecule has 2 N–H and O–H groups in total. The molecule has 1 aromatic rings. The summed E-state index contributed by atoms with van der Waals surface area (Å²) in [6.45, 7) is -2.32. The second-order valence-corrected chi connectivity index (χ2v) is 4.16. The second-order valence-electron chi connectivity index (χ2n) is 4.16. The van der Waals surface area contributed by atoms with Crippen LogP contribution in [0.5, 0.6) is 0 Å². The van der Waals surface area contributed by atoms with Gasteiger partial charge in [-0.2, -0.15) is 0 Å². The number of hydrogen-bond acceptors (Lipinski definition) is 3. The summed E-state index contributed by atoms with van der Waals surface area (Å²) in [6, 6.07) is 6.98. The van der Waals surface area contributed by atoms with E-state index in [1.807, 2.05) is 0 Å². The zero-order valence-corrected chi connectivity index (χ0v) is 11.2. The Kier molecular flexibility index (Phi) is 6.54. The zero-order chi connectivity index (χ0) is 15.8. The summed E-state index contributed by atoms with van der Waals surface area (Å²) < 4.78 is 25.0. The number of carboxylic acids is 1. The Morgan fingerprint density at radius 2 is 1.81 bits per heavy atom. The number of carboxylic acid groups (broad SMARTS) is 1. The molecule has 0 aliphatic carbocycles. The predicted molar refractivity (Wildman–Crippen MR) is 71.5 cm³/mol. The van der Waals surface area contributed by atoms with Crippen molar-refractivity contribution in [3.8, 4) is 0 Å². The molecule has 2 amide bonds. The molecule has 1 aromatic carbocycles. The molecule has 0 fully saturated rings. The Balaban J connectivity index is 3.00. The highest BCUT2D eigenvalue weighted by atomic mass is 19.3. The van der Waals surface area contributed by atoms with Gasteiger partial charge < -0.3 is 15.1 Å². The Morgan fingerprint density at radius 3 is 2.29 bits per heavy atom. The number of aliphatic hydroxyl groups is 1. The van der Waals surface area contributed by atoms with Gasteiger partial charge in [-0.05, 0) is 12.1 Å². The lowest BCUT2D eigenvalue weighted by atomic mass is 10.3. The van der Waals surface area contributed by atoms with Crippen LogP contribution in [0.2, 0.25) is 0 Å². The van der Waals surface area contributed by atoms with Gasteiger partial charge in [0.1, 0.15) is 6.54 Å². The molecular weight excluding hydrogens is 286 g/mol. The van der Waals surface area contributed by atoms with Gasteiger partial charge in [0.2, 0.25) is 0 Å². The van der Waals surface area contributed by atoms with Crippen molar-refractivity contribution in [3.63, 3.8) is 0 Å². The molecule has 0 heterocycles. The first-order valence-electron chi connectivity index (χ1n) is 6.18. The molecule has 0 bridgehead atoms. The van der Waals surface area contributed by atoms with Crippen molar-refractivity contribution in [1.29, 1.82) is 0 Å². The number of aliphatic hydroxyl groups excluding tert-OH is 1. The van der Waals surface area contributed by atoms with Gasteiger partial charge in [0.05, 0.1) is 13.2 Å². The predicted octanol–water partition coefficient (Wildman–Crippen LogP) is 1.26. The molecule has 0 unspecified atom stereocenters. The standard InChI is InChI=1S/C13H16F2N2O4/c14-11(15)8-16(6-7-18)13(21)17(9-12(19)20)10-4-2-1-3-5-10/h1-5,11,18H,6-9H2,(H,19,20). The number of amides is 2. The lowest BCUT2D eigenvalue weighted by Crippen LogP contribution is -2.48. The average molecular weight is 302 g/mol. The third-order valence-corrected chi connectivity index (χ3v) is 2.59. The van der Waals surface area contributed by atoms with E-state index < -0.39 is 38.1 Å². The maximum atomic E-state index is 12.5. The summed E-state index contributed by atoms with van der Waals surface area (Å²) >= 11 is 0. The quantitative estimate of drug-likeness (QED) is 0.794. The molecule has 6 nitrogen and oxygen atoms in total. The molecule has 0 spiro atoms. The van der Waals surface area contributed by atoms with Crippen LogP contribution in [0, 0.1) is 0 Å². The Hall–Kier alpha value is -2.22. The van der Waals surface area contributed by atoms with E-state index in [1.54, 1.807) is 18.2 Å². The average Bonchev–Trinajstić information content (AvgIpc) is 2.44. The number of hydrogen-bond donors (Lipinski definition) is 2. The second kappa shape index (κ2) is 8.15. The summed E-state index contributed by atoms with van der Waals surface area (Å²) in [4.78, 5) is 24.7. The Bertz CT molecular complexity index is 470. The van der Waals surface area contributed by atoms with Gasteiger partial charge in [0.15, 0.2) is 0 Å². The number of carbonyl (C=O) groups is 2. The van der Waals surface area contributed by atoms with Crippen LogP contribution in [-0.2, 0) is 4.79 Å². The van der Waals surface area contributed by atoms with E-state index in [0.717, 1.165) is 9.80 Å². The molecule has 0 aromatic heterocycles. The molecule has 0 atom stereocenters. The lowest BCUT2D eigenvalue weighted by Gasteiger charge is -2.29. The van der Waals surface area contributed by atoms with Crippen LogP contribution in [0.1, 0.15) is 0 Å². The summed E-state index contributed by atoms with van der Waals surface area (Å²) in [7, 11) is 0. The monoisotopic (exact) mass is 302 g/mol. The van der Waals surface area contributed by atoms with Crippen LogP contribution < -0.4 is 4.90 Å². The van der Waals surface area contributed by atoms with Gasteiger partial charge in [0.25, 0.3) is 6.43 Å². The topological polar surface area (TPSA) is 81.1 Å². The van der Waals surface area contributed by atoms with Gasteiger partial charge in [-0.3, -0.25) is 9.69 Å². The molecule has 0 saturated carbocycles. The minimum absolute atomic E-state index is 0.280. The third kappa shape index (κ3) is 5.35. The van der Waals surface area contributed by atoms with Crippen LogP contribution in [0.25, 0.3) is 0 Å². The minimum atomic E-state index is -2.78. The fourth-order valence-corrected chi connectivity index (χ4v) is 1.74. The Labute approximate surface area is 120 Å². The minimum Gasteiger partial charge on any atom is -0.480 e. The summed E-state index contributed by atoms with van der Waals surface area (Å²) in [5.74, 6) is -1.27. The molecule has 116 valence electrons. The fourth-order valence-electron chi connectivity index (χ4n) is 1.74. The van der Waals surface area contributed by atoms with Crippen LogP contribution in [0.15, 0.2) is 30.3 Å². The Morgan fingerprint density at radius 1 is 1.19 bits per heavy atom. The number of benzene rings is 1. The van der Waals surface area contributed by atoms with E-state index >= 15 is 0 Å². The van der Waals surface area contributed by atoms with Crippen LogP contribution in [-0.4, -0.2) is 59.8 Å². The largest absolute Gasteiger partial charge is 0.480 e. The van der Waals surface area contributed by atoms with Gasteiger partial charge in [-0.25, -0.2) is 13.6 Å². The number of para-hydroxylation sites is 1. The van der Waals surface area contributed by atoms with E-state index in [1.165, 1.54) is 12.1 Å². The first kappa shape index (κ1) is 16.8. The van der Waals surface area contributed by atoms with Crippen molar-refractivity contribution in [2.24, 2.45) is 0 Å². The number of alkyl halides is 2. The number of aliphatic carboxylic acids is 1. The van der Waals surface area contributed by atoms with Gasteiger partial charge >= 0.3 is 12.0 Å². The maximum Gasteiger partial charge on any atom is 0.325 e. The first-order valence-corrected chi connectivity index (χ1v) is 6.18. The number of halogens is 2. The highest BCUT2D eigenvalue weighted by Crippen LogP contribution is 2.16. The van der Waals surface area contributed by atoms with Crippen molar-refractivity contribution < 1.29 is 28.6 Å². The lowest BCUT2D eigenvalue weighted by molar-refractivity contribution is -0.135. The molecular formula is C13H16F2N2O4. The molecule has 0 radical (unpaired) electrons. The summed E-state index contributed by atoms with van der Waals surface area (Å²) in [6.07, 6.45) is -2.78. The van der Waals surface area contributed by atoms with E-state index in [0.29, 0.717) is 0 Å². The molecule has 1 rings (SSSR count). The van der Waals surface area contributed by atoms with Crippen molar-refractivity contribution in [1.82, 2.24) is 4.90 Å². The third-order valence-electron chi connectivity index (χ3n) is 2.59. The van der Waals surface area contributed by atoms with Gasteiger partial charge in [-0.15, -0.1) is 0 Å². The SMILES string of the molecule is O=C(O)CN(C(=O)N(CCO)CC(F)F)c1ccccc1. The van der Waals surface area contributed by atoms with Gasteiger partial charge in [0, 0.05) is 12.2 Å². The van der Waals surface area contributed by atoms with Crippen molar-refractivity contribution in [2.45, 2.75) is 6.43 Å². The van der Waals surface area contributed by atoms with Crippen molar-refractivity contribution >= 4 is 17.7 Å². The van der Waals surface area contributed by atoms with Crippen molar-refractivity contribution in [2.75, 3.05) is 31.1 Å². The molecule has 21 heavy (non-hydrogen) atoms. The molecule has 0 aliphatic heterocycles. The smallest absolute Gasteiger partial charge is 0.325 e. The fraction of sp³-hybridized carbons (Fsp3) is 0.385. The highest BCUT2D eigenvalue weighted by molar-refractivity contribution is 5.96. The summed E-state index contributed by atoms with van der Waals surface area (Å²) in [5, 5.41) is 17.7. The summed E-state index contributed by atoms with van der Waals surface area (Å²) in [5.41, 5.74) is 0.280. The normalized spacial score (nSPS) is 10.5. The number of anilines is 1. The van der Waals surface area contributed by atoms with Crippen LogP contribution in [0.4, 0.5) is 19.3 Å². The number of nitrogens with zero attached hydrogens (tertiary/aromatic N) is 2.